The van der Waals surface area contributed by atoms with Crippen molar-refractivity contribution in [3.63, 3.8) is 0 Å². The number of hydrogen-bond acceptors (Lipinski definition) is 3. The second kappa shape index (κ2) is 5.81. The molecule has 3 nitrogen and oxygen atoms in total. The third-order valence-electron chi connectivity index (χ3n) is 5.01. The SMILES string of the molecule is CCC1CCC2(CC1)CN=C(N)N2c1ccc(Cl)c(Br)c1. The van der Waals surface area contributed by atoms with E-state index in [1.807, 2.05) is 18.2 Å². The lowest BCUT2D eigenvalue weighted by Crippen LogP contribution is -2.53. The molecule has 1 spiro atoms. The average Bonchev–Trinajstić information content (AvgIpc) is 2.80. The quantitative estimate of drug-likeness (QED) is 0.828. The molecule has 0 atom stereocenters. The highest BCUT2D eigenvalue weighted by Gasteiger charge is 2.45. The minimum absolute atomic E-state index is 0.0724. The minimum Gasteiger partial charge on any atom is -0.369 e. The molecular formula is C16H21BrClN3. The molecule has 3 rings (SSSR count). The third-order valence-corrected chi connectivity index (χ3v) is 6.23. The Labute approximate surface area is 139 Å². The van der Waals surface area contributed by atoms with Gasteiger partial charge in [-0.3, -0.25) is 4.99 Å². The standard InChI is InChI=1S/C16H21BrClN3/c1-2-11-5-7-16(8-6-11)10-20-15(19)21(16)12-3-4-14(18)13(17)9-12/h3-4,9,11H,2,5-8,10H2,1H3,(H2,19,20). The summed E-state index contributed by atoms with van der Waals surface area (Å²) < 4.78 is 0.902. The summed E-state index contributed by atoms with van der Waals surface area (Å²) >= 11 is 9.62. The summed E-state index contributed by atoms with van der Waals surface area (Å²) in [5, 5.41) is 0.720. The van der Waals surface area contributed by atoms with Gasteiger partial charge in [-0.1, -0.05) is 24.9 Å². The second-order valence-corrected chi connectivity index (χ2v) is 7.45. The Balaban J connectivity index is 1.91. The lowest BCUT2D eigenvalue weighted by atomic mass is 9.75. The van der Waals surface area contributed by atoms with Gasteiger partial charge in [0.1, 0.15) is 0 Å². The predicted octanol–water partition coefficient (Wildman–Crippen LogP) is 4.58. The molecule has 1 aliphatic carbocycles. The Morgan fingerprint density at radius 3 is 2.76 bits per heavy atom. The molecule has 0 radical (unpaired) electrons. The molecule has 1 fully saturated rings. The van der Waals surface area contributed by atoms with Crippen molar-refractivity contribution in [2.45, 2.75) is 44.6 Å². The van der Waals surface area contributed by atoms with Gasteiger partial charge in [0.2, 0.25) is 0 Å². The summed E-state index contributed by atoms with van der Waals surface area (Å²) in [6, 6.07) is 6.00. The highest BCUT2D eigenvalue weighted by atomic mass is 79.9. The molecule has 1 aliphatic heterocycles. The Hall–Kier alpha value is -0.740. The first-order valence-corrected chi connectivity index (χ1v) is 8.78. The highest BCUT2D eigenvalue weighted by Crippen LogP contribution is 2.43. The smallest absolute Gasteiger partial charge is 0.196 e. The van der Waals surface area contributed by atoms with E-state index in [0.29, 0.717) is 5.96 Å². The summed E-state index contributed by atoms with van der Waals surface area (Å²) in [5.74, 6) is 1.50. The predicted molar refractivity (Wildman–Crippen MR) is 93.1 cm³/mol. The number of rotatable bonds is 2. The van der Waals surface area contributed by atoms with Gasteiger partial charge in [-0.05, 0) is 65.7 Å². The van der Waals surface area contributed by atoms with Crippen molar-refractivity contribution in [3.8, 4) is 0 Å². The summed E-state index contributed by atoms with van der Waals surface area (Å²) in [6.45, 7) is 3.10. The first-order chi connectivity index (χ1) is 10.1. The molecule has 1 aromatic carbocycles. The van der Waals surface area contributed by atoms with E-state index in [-0.39, 0.29) is 5.54 Å². The lowest BCUT2D eigenvalue weighted by Gasteiger charge is -2.44. The topological polar surface area (TPSA) is 41.6 Å². The average molecular weight is 371 g/mol. The van der Waals surface area contributed by atoms with Crippen LogP contribution < -0.4 is 10.6 Å². The molecular weight excluding hydrogens is 350 g/mol. The van der Waals surface area contributed by atoms with Gasteiger partial charge < -0.3 is 10.6 Å². The van der Waals surface area contributed by atoms with E-state index in [4.69, 9.17) is 17.3 Å². The Morgan fingerprint density at radius 2 is 2.14 bits per heavy atom. The highest BCUT2D eigenvalue weighted by molar-refractivity contribution is 9.10. The molecule has 2 N–H and O–H groups in total. The Morgan fingerprint density at radius 1 is 1.43 bits per heavy atom. The number of anilines is 1. The fourth-order valence-corrected chi connectivity index (χ4v) is 4.13. The van der Waals surface area contributed by atoms with E-state index >= 15 is 0 Å². The third kappa shape index (κ3) is 2.68. The maximum absolute atomic E-state index is 6.20. The van der Waals surface area contributed by atoms with Crippen molar-refractivity contribution < 1.29 is 0 Å². The van der Waals surface area contributed by atoms with Crippen LogP contribution in [0, 0.1) is 5.92 Å². The fraction of sp³-hybridized carbons (Fsp3) is 0.562. The van der Waals surface area contributed by atoms with Gasteiger partial charge in [-0.2, -0.15) is 0 Å². The summed E-state index contributed by atoms with van der Waals surface area (Å²) in [5.41, 5.74) is 7.36. The first-order valence-electron chi connectivity index (χ1n) is 7.61. The minimum atomic E-state index is 0.0724. The van der Waals surface area contributed by atoms with Crippen molar-refractivity contribution in [2.24, 2.45) is 16.6 Å². The molecule has 21 heavy (non-hydrogen) atoms. The molecule has 1 saturated carbocycles. The lowest BCUT2D eigenvalue weighted by molar-refractivity contribution is 0.244. The molecule has 1 aromatic rings. The van der Waals surface area contributed by atoms with Crippen LogP contribution in [0.15, 0.2) is 27.7 Å². The van der Waals surface area contributed by atoms with Gasteiger partial charge in [0.15, 0.2) is 5.96 Å². The summed E-state index contributed by atoms with van der Waals surface area (Å²) in [4.78, 5) is 6.78. The fourth-order valence-electron chi connectivity index (χ4n) is 3.65. The van der Waals surface area contributed by atoms with E-state index < -0.39 is 0 Å². The number of nitrogens with two attached hydrogens (primary N) is 1. The molecule has 0 unspecified atom stereocenters. The number of nitrogens with zero attached hydrogens (tertiary/aromatic N) is 2. The largest absolute Gasteiger partial charge is 0.369 e. The van der Waals surface area contributed by atoms with Gasteiger partial charge in [0.25, 0.3) is 0 Å². The maximum Gasteiger partial charge on any atom is 0.196 e. The number of benzene rings is 1. The molecule has 1 heterocycles. The van der Waals surface area contributed by atoms with E-state index in [1.54, 1.807) is 0 Å². The van der Waals surface area contributed by atoms with Crippen LogP contribution in [0.1, 0.15) is 39.0 Å². The van der Waals surface area contributed by atoms with Gasteiger partial charge in [-0.25, -0.2) is 0 Å². The van der Waals surface area contributed by atoms with Crippen LogP contribution >= 0.6 is 27.5 Å². The van der Waals surface area contributed by atoms with E-state index in [0.717, 1.165) is 40.5 Å². The number of aliphatic imine (C=N–C) groups is 1. The van der Waals surface area contributed by atoms with Crippen LogP contribution in [0.25, 0.3) is 0 Å². The van der Waals surface area contributed by atoms with Crippen molar-refractivity contribution >= 4 is 39.2 Å². The van der Waals surface area contributed by atoms with Crippen LogP contribution in [0.2, 0.25) is 5.02 Å². The maximum atomic E-state index is 6.20. The van der Waals surface area contributed by atoms with Crippen LogP contribution in [0.5, 0.6) is 0 Å². The van der Waals surface area contributed by atoms with Crippen molar-refractivity contribution in [3.05, 3.63) is 27.7 Å². The second-order valence-electron chi connectivity index (χ2n) is 6.18. The molecule has 0 amide bonds. The Kier molecular flexibility index (Phi) is 4.19. The van der Waals surface area contributed by atoms with Crippen LogP contribution in [0.4, 0.5) is 5.69 Å². The van der Waals surface area contributed by atoms with Crippen molar-refractivity contribution in [1.82, 2.24) is 0 Å². The zero-order chi connectivity index (χ0) is 15.0. The van der Waals surface area contributed by atoms with Crippen LogP contribution in [0.3, 0.4) is 0 Å². The zero-order valence-electron chi connectivity index (χ0n) is 12.3. The monoisotopic (exact) mass is 369 g/mol. The van der Waals surface area contributed by atoms with E-state index in [1.165, 1.54) is 19.3 Å². The number of guanidine groups is 1. The molecule has 5 heteroatoms. The van der Waals surface area contributed by atoms with Crippen molar-refractivity contribution in [2.75, 3.05) is 11.4 Å². The van der Waals surface area contributed by atoms with Gasteiger partial charge in [0.05, 0.1) is 17.1 Å². The summed E-state index contributed by atoms with van der Waals surface area (Å²) in [6.07, 6.45) is 6.14. The number of hydrogen-bond donors (Lipinski definition) is 1. The van der Waals surface area contributed by atoms with Gasteiger partial charge in [0, 0.05) is 10.2 Å². The zero-order valence-corrected chi connectivity index (χ0v) is 14.6. The van der Waals surface area contributed by atoms with Crippen molar-refractivity contribution in [1.29, 1.82) is 0 Å². The molecule has 114 valence electrons. The van der Waals surface area contributed by atoms with Gasteiger partial charge in [-0.15, -0.1) is 0 Å². The normalized spacial score (nSPS) is 29.0. The molecule has 2 aliphatic rings. The molecule has 0 saturated heterocycles. The van der Waals surface area contributed by atoms with Crippen LogP contribution in [-0.2, 0) is 0 Å². The first kappa shape index (κ1) is 15.2. The van der Waals surface area contributed by atoms with E-state index in [9.17, 15) is 0 Å². The van der Waals surface area contributed by atoms with Gasteiger partial charge >= 0.3 is 0 Å². The summed E-state index contributed by atoms with van der Waals surface area (Å²) in [7, 11) is 0. The Bertz CT molecular complexity index is 565. The van der Waals surface area contributed by atoms with E-state index in [2.05, 4.69) is 32.7 Å². The molecule has 0 aromatic heterocycles. The van der Waals surface area contributed by atoms with Crippen LogP contribution in [-0.4, -0.2) is 18.0 Å². The number of halogens is 2. The molecule has 0 bridgehead atoms.